The molecule has 0 spiro atoms. The molecule has 6 heteroatoms. The van der Waals surface area contributed by atoms with Gasteiger partial charge in [-0.1, -0.05) is 41.6 Å². The average Bonchev–Trinajstić information content (AvgIpc) is 3.23. The molecule has 2 aromatic carbocycles. The molecule has 0 atom stereocenters. The number of carbonyl (C=O) groups excluding carboxylic acids is 1. The Hall–Kier alpha value is -3.54. The fourth-order valence-corrected chi connectivity index (χ4v) is 3.24. The minimum absolute atomic E-state index is 0.0278. The first-order valence-electron chi connectivity index (χ1n) is 9.27. The van der Waals surface area contributed by atoms with Crippen molar-refractivity contribution in [2.75, 3.05) is 11.4 Å². The van der Waals surface area contributed by atoms with Crippen LogP contribution in [-0.4, -0.2) is 27.6 Å². The summed E-state index contributed by atoms with van der Waals surface area (Å²) >= 11 is 0. The zero-order valence-corrected chi connectivity index (χ0v) is 15.6. The van der Waals surface area contributed by atoms with Crippen LogP contribution in [0.15, 0.2) is 71.5 Å². The lowest BCUT2D eigenvalue weighted by atomic mass is 10.1. The van der Waals surface area contributed by atoms with E-state index in [0.29, 0.717) is 31.1 Å². The number of rotatable bonds is 6. The Balaban J connectivity index is 1.49. The first-order chi connectivity index (χ1) is 13.8. The lowest BCUT2D eigenvalue weighted by Crippen LogP contribution is -2.31. The van der Waals surface area contributed by atoms with Gasteiger partial charge in [-0.15, -0.1) is 0 Å². The van der Waals surface area contributed by atoms with E-state index < -0.39 is 0 Å². The highest BCUT2D eigenvalue weighted by atomic mass is 16.5. The predicted molar refractivity (Wildman–Crippen MR) is 108 cm³/mol. The lowest BCUT2D eigenvalue weighted by molar-refractivity contribution is -0.118. The summed E-state index contributed by atoms with van der Waals surface area (Å²) in [5, 5.41) is 6.16. The number of hydrogen-bond donors (Lipinski definition) is 0. The van der Waals surface area contributed by atoms with E-state index in [9.17, 15) is 4.79 Å². The van der Waals surface area contributed by atoms with E-state index in [1.165, 1.54) is 0 Å². The fraction of sp³-hybridized carbons (Fsp3) is 0.182. The number of anilines is 1. The van der Waals surface area contributed by atoms with Crippen LogP contribution in [-0.2, 0) is 11.2 Å². The van der Waals surface area contributed by atoms with Crippen molar-refractivity contribution in [3.05, 3.63) is 72.9 Å². The summed E-state index contributed by atoms with van der Waals surface area (Å²) in [5.41, 5.74) is 1.71. The monoisotopic (exact) mass is 372 g/mol. The van der Waals surface area contributed by atoms with Crippen molar-refractivity contribution >= 4 is 22.4 Å². The molecule has 0 saturated heterocycles. The summed E-state index contributed by atoms with van der Waals surface area (Å²) in [7, 11) is 0. The fourth-order valence-electron chi connectivity index (χ4n) is 3.24. The predicted octanol–water partition coefficient (Wildman–Crippen LogP) is 4.27. The zero-order chi connectivity index (χ0) is 19.3. The van der Waals surface area contributed by atoms with Gasteiger partial charge in [-0.25, -0.2) is 0 Å². The van der Waals surface area contributed by atoms with Crippen molar-refractivity contribution in [1.29, 1.82) is 0 Å². The van der Waals surface area contributed by atoms with Gasteiger partial charge in [-0.2, -0.15) is 4.98 Å². The van der Waals surface area contributed by atoms with Crippen LogP contribution < -0.4 is 4.90 Å². The third kappa shape index (κ3) is 3.62. The first-order valence-corrected chi connectivity index (χ1v) is 9.27. The summed E-state index contributed by atoms with van der Waals surface area (Å²) in [4.78, 5) is 23.1. The Kier molecular flexibility index (Phi) is 5.10. The van der Waals surface area contributed by atoms with Crippen LogP contribution in [0.4, 0.5) is 5.69 Å². The van der Waals surface area contributed by atoms with Gasteiger partial charge in [0.05, 0.1) is 5.69 Å². The second kappa shape index (κ2) is 8.00. The normalized spacial score (nSPS) is 10.9. The molecule has 0 aliphatic carbocycles. The van der Waals surface area contributed by atoms with Crippen molar-refractivity contribution in [1.82, 2.24) is 15.1 Å². The average molecular weight is 372 g/mol. The van der Waals surface area contributed by atoms with Gasteiger partial charge in [0.15, 0.2) is 0 Å². The van der Waals surface area contributed by atoms with E-state index in [-0.39, 0.29) is 5.91 Å². The molecule has 4 rings (SSSR count). The summed E-state index contributed by atoms with van der Waals surface area (Å²) < 4.78 is 5.30. The molecule has 0 unspecified atom stereocenters. The molecule has 28 heavy (non-hydrogen) atoms. The Morgan fingerprint density at radius 2 is 1.93 bits per heavy atom. The highest BCUT2D eigenvalue weighted by Crippen LogP contribution is 2.27. The van der Waals surface area contributed by atoms with Crippen molar-refractivity contribution in [3.63, 3.8) is 0 Å². The van der Waals surface area contributed by atoms with Gasteiger partial charge < -0.3 is 9.42 Å². The molecule has 6 nitrogen and oxygen atoms in total. The van der Waals surface area contributed by atoms with Crippen LogP contribution in [0.3, 0.4) is 0 Å². The number of amides is 1. The van der Waals surface area contributed by atoms with Crippen molar-refractivity contribution < 1.29 is 9.32 Å². The second-order valence-electron chi connectivity index (χ2n) is 6.39. The van der Waals surface area contributed by atoms with E-state index in [0.717, 1.165) is 22.0 Å². The van der Waals surface area contributed by atoms with Crippen molar-refractivity contribution in [2.45, 2.75) is 19.8 Å². The van der Waals surface area contributed by atoms with Crippen LogP contribution >= 0.6 is 0 Å². The van der Waals surface area contributed by atoms with E-state index in [4.69, 9.17) is 4.52 Å². The third-order valence-electron chi connectivity index (χ3n) is 4.62. The molecule has 0 saturated carbocycles. The summed E-state index contributed by atoms with van der Waals surface area (Å²) in [6.45, 7) is 2.57. The molecule has 0 aliphatic heterocycles. The lowest BCUT2D eigenvalue weighted by Gasteiger charge is -2.22. The highest BCUT2D eigenvalue weighted by molar-refractivity contribution is 6.03. The molecule has 0 bridgehead atoms. The maximum atomic E-state index is 12.9. The van der Waals surface area contributed by atoms with E-state index in [1.54, 1.807) is 17.3 Å². The quantitative estimate of drug-likeness (QED) is 0.505. The van der Waals surface area contributed by atoms with Gasteiger partial charge in [0.25, 0.3) is 0 Å². The SMILES string of the molecule is CCN(C(=O)CCc1nc(-c2cccnc2)no1)c1cccc2ccccc12. The molecule has 140 valence electrons. The Morgan fingerprint density at radius 1 is 1.07 bits per heavy atom. The molecule has 0 fully saturated rings. The van der Waals surface area contributed by atoms with Crippen LogP contribution in [0.25, 0.3) is 22.2 Å². The molecule has 2 heterocycles. The zero-order valence-electron chi connectivity index (χ0n) is 15.6. The van der Waals surface area contributed by atoms with E-state index in [1.807, 2.05) is 49.4 Å². The van der Waals surface area contributed by atoms with E-state index >= 15 is 0 Å². The van der Waals surface area contributed by atoms with Gasteiger partial charge in [-0.3, -0.25) is 9.78 Å². The smallest absolute Gasteiger partial charge is 0.227 e. The third-order valence-corrected chi connectivity index (χ3v) is 4.62. The first kappa shape index (κ1) is 17.9. The number of aryl methyl sites for hydroxylation is 1. The summed E-state index contributed by atoms with van der Waals surface area (Å²) in [5.74, 6) is 0.957. The number of fused-ring (bicyclic) bond motifs is 1. The van der Waals surface area contributed by atoms with Gasteiger partial charge in [0, 0.05) is 42.7 Å². The molecule has 0 radical (unpaired) electrons. The number of benzene rings is 2. The van der Waals surface area contributed by atoms with Gasteiger partial charge >= 0.3 is 0 Å². The van der Waals surface area contributed by atoms with Crippen LogP contribution in [0.1, 0.15) is 19.2 Å². The highest BCUT2D eigenvalue weighted by Gasteiger charge is 2.18. The maximum Gasteiger partial charge on any atom is 0.227 e. The summed E-state index contributed by atoms with van der Waals surface area (Å²) in [6, 6.07) is 17.8. The number of carbonyl (C=O) groups is 1. The van der Waals surface area contributed by atoms with Crippen molar-refractivity contribution in [3.8, 4) is 11.4 Å². The largest absolute Gasteiger partial charge is 0.339 e. The summed E-state index contributed by atoms with van der Waals surface area (Å²) in [6.07, 6.45) is 4.06. The van der Waals surface area contributed by atoms with Crippen LogP contribution in [0.2, 0.25) is 0 Å². The molecule has 4 aromatic rings. The van der Waals surface area contributed by atoms with E-state index in [2.05, 4.69) is 27.3 Å². The number of aromatic nitrogens is 3. The van der Waals surface area contributed by atoms with Gasteiger partial charge in [-0.05, 0) is 30.5 Å². The Bertz CT molecular complexity index is 1090. The molecular formula is C22H20N4O2. The molecule has 0 aliphatic rings. The molecule has 2 aromatic heterocycles. The Morgan fingerprint density at radius 3 is 2.75 bits per heavy atom. The minimum atomic E-state index is 0.0278. The topological polar surface area (TPSA) is 72.1 Å². The standard InChI is InChI=1S/C22H20N4O2/c1-2-26(19-11-5-8-16-7-3-4-10-18(16)19)21(27)13-12-20-24-22(25-28-20)17-9-6-14-23-15-17/h3-11,14-15H,2,12-13H2,1H3. The number of nitrogens with zero attached hydrogens (tertiary/aromatic N) is 4. The van der Waals surface area contributed by atoms with Crippen LogP contribution in [0, 0.1) is 0 Å². The second-order valence-corrected chi connectivity index (χ2v) is 6.39. The number of hydrogen-bond acceptors (Lipinski definition) is 5. The molecular weight excluding hydrogens is 352 g/mol. The minimum Gasteiger partial charge on any atom is -0.339 e. The Labute approximate surface area is 162 Å². The maximum absolute atomic E-state index is 12.9. The van der Waals surface area contributed by atoms with Gasteiger partial charge in [0.1, 0.15) is 0 Å². The van der Waals surface area contributed by atoms with Crippen LogP contribution in [0.5, 0.6) is 0 Å². The molecule has 1 amide bonds. The van der Waals surface area contributed by atoms with Crippen molar-refractivity contribution in [2.24, 2.45) is 0 Å². The van der Waals surface area contributed by atoms with Gasteiger partial charge in [0.2, 0.25) is 17.6 Å². The number of pyridine rings is 1. The molecule has 0 N–H and O–H groups in total.